The van der Waals surface area contributed by atoms with Gasteiger partial charge in [0.1, 0.15) is 5.82 Å². The van der Waals surface area contributed by atoms with E-state index in [1.165, 1.54) is 6.42 Å². The maximum absolute atomic E-state index is 4.99. The van der Waals surface area contributed by atoms with Crippen LogP contribution in [0.3, 0.4) is 0 Å². The second-order valence-electron chi connectivity index (χ2n) is 3.13. The molecule has 0 radical (unpaired) electrons. The van der Waals surface area contributed by atoms with Gasteiger partial charge >= 0.3 is 0 Å². The summed E-state index contributed by atoms with van der Waals surface area (Å²) in [7, 11) is 1.62. The summed E-state index contributed by atoms with van der Waals surface area (Å²) in [6.07, 6.45) is 5.76. The normalized spacial score (nSPS) is 21.8. The number of aromatic nitrogens is 2. The van der Waals surface area contributed by atoms with E-state index in [1.54, 1.807) is 19.5 Å². The van der Waals surface area contributed by atoms with Gasteiger partial charge in [0, 0.05) is 0 Å². The summed E-state index contributed by atoms with van der Waals surface area (Å²) in [5.74, 6) is 1.58. The molecule has 0 aliphatic carbocycles. The van der Waals surface area contributed by atoms with Crippen molar-refractivity contribution in [1.29, 1.82) is 0 Å². The van der Waals surface area contributed by atoms with Crippen LogP contribution in [-0.2, 0) is 0 Å². The number of nitrogens with zero attached hydrogens (tertiary/aromatic N) is 2. The molecule has 1 unspecified atom stereocenters. The molecule has 1 aromatic heterocycles. The fourth-order valence-electron chi connectivity index (χ4n) is 1.52. The smallest absolute Gasteiger partial charge is 0.155 e. The van der Waals surface area contributed by atoms with Gasteiger partial charge in [-0.25, -0.2) is 9.97 Å². The molecule has 0 spiro atoms. The fraction of sp³-hybridized carbons (Fsp3) is 0.556. The van der Waals surface area contributed by atoms with Gasteiger partial charge in [0.25, 0.3) is 0 Å². The molecule has 4 nitrogen and oxygen atoms in total. The Morgan fingerprint density at radius 3 is 2.77 bits per heavy atom. The van der Waals surface area contributed by atoms with Crippen LogP contribution < -0.4 is 10.1 Å². The molecule has 2 heterocycles. The van der Waals surface area contributed by atoms with Crippen LogP contribution in [0.4, 0.5) is 0 Å². The Bertz CT molecular complexity index is 267. The number of hydrogen-bond donors (Lipinski definition) is 1. The predicted molar refractivity (Wildman–Crippen MR) is 48.6 cm³/mol. The van der Waals surface area contributed by atoms with Crippen molar-refractivity contribution >= 4 is 0 Å². The first kappa shape index (κ1) is 8.44. The summed E-state index contributed by atoms with van der Waals surface area (Å²) >= 11 is 0. The summed E-state index contributed by atoms with van der Waals surface area (Å²) in [6.45, 7) is 1.07. The first-order valence-electron chi connectivity index (χ1n) is 4.49. The van der Waals surface area contributed by atoms with Crippen LogP contribution in [0.2, 0.25) is 0 Å². The zero-order valence-electron chi connectivity index (χ0n) is 7.66. The van der Waals surface area contributed by atoms with E-state index in [1.807, 2.05) is 0 Å². The zero-order chi connectivity index (χ0) is 9.10. The van der Waals surface area contributed by atoms with Gasteiger partial charge in [0.05, 0.1) is 25.5 Å². The van der Waals surface area contributed by atoms with Gasteiger partial charge in [-0.3, -0.25) is 0 Å². The molecule has 13 heavy (non-hydrogen) atoms. The van der Waals surface area contributed by atoms with E-state index in [0.717, 1.165) is 18.8 Å². The highest BCUT2D eigenvalue weighted by atomic mass is 16.5. The fourth-order valence-corrected chi connectivity index (χ4v) is 1.52. The quantitative estimate of drug-likeness (QED) is 0.733. The van der Waals surface area contributed by atoms with Gasteiger partial charge in [0.15, 0.2) is 5.75 Å². The highest BCUT2D eigenvalue weighted by molar-refractivity contribution is 5.13. The molecule has 0 saturated carbocycles. The van der Waals surface area contributed by atoms with Gasteiger partial charge in [-0.2, -0.15) is 0 Å². The molecule has 1 fully saturated rings. The third-order valence-corrected chi connectivity index (χ3v) is 2.26. The molecule has 2 rings (SSSR count). The number of ether oxygens (including phenoxy) is 1. The van der Waals surface area contributed by atoms with Crippen LogP contribution in [0.5, 0.6) is 5.75 Å². The second kappa shape index (κ2) is 3.70. The molecule has 1 atom stereocenters. The van der Waals surface area contributed by atoms with Gasteiger partial charge < -0.3 is 10.1 Å². The van der Waals surface area contributed by atoms with Crippen molar-refractivity contribution in [3.05, 3.63) is 18.2 Å². The van der Waals surface area contributed by atoms with Gasteiger partial charge in [0.2, 0.25) is 0 Å². The average Bonchev–Trinajstić information content (AvgIpc) is 2.71. The summed E-state index contributed by atoms with van der Waals surface area (Å²) in [6, 6.07) is 0.339. The highest BCUT2D eigenvalue weighted by Gasteiger charge is 2.18. The van der Waals surface area contributed by atoms with Crippen molar-refractivity contribution in [3.8, 4) is 5.75 Å². The molecule has 0 bridgehead atoms. The topological polar surface area (TPSA) is 47.0 Å². The Morgan fingerprint density at radius 2 is 2.23 bits per heavy atom. The Balaban J connectivity index is 2.12. The molecule has 1 N–H and O–H groups in total. The van der Waals surface area contributed by atoms with Crippen molar-refractivity contribution < 1.29 is 4.74 Å². The second-order valence-corrected chi connectivity index (χ2v) is 3.13. The van der Waals surface area contributed by atoms with Crippen LogP contribution in [0.1, 0.15) is 24.7 Å². The maximum Gasteiger partial charge on any atom is 0.155 e. The predicted octanol–water partition coefficient (Wildman–Crippen LogP) is 0.910. The van der Waals surface area contributed by atoms with Crippen molar-refractivity contribution in [3.63, 3.8) is 0 Å². The Hall–Kier alpha value is -1.16. The third kappa shape index (κ3) is 1.78. The lowest BCUT2D eigenvalue weighted by Crippen LogP contribution is -2.15. The molecule has 1 aliphatic heterocycles. The first-order chi connectivity index (χ1) is 6.40. The van der Waals surface area contributed by atoms with E-state index >= 15 is 0 Å². The lowest BCUT2D eigenvalue weighted by molar-refractivity contribution is 0.409. The monoisotopic (exact) mass is 179 g/mol. The van der Waals surface area contributed by atoms with Gasteiger partial charge in [-0.1, -0.05) is 0 Å². The molecule has 1 saturated heterocycles. The van der Waals surface area contributed by atoms with Crippen LogP contribution in [-0.4, -0.2) is 23.6 Å². The van der Waals surface area contributed by atoms with E-state index in [9.17, 15) is 0 Å². The molecule has 4 heteroatoms. The molecule has 1 aliphatic rings. The summed E-state index contributed by atoms with van der Waals surface area (Å²) < 4.78 is 4.99. The number of hydrogen-bond acceptors (Lipinski definition) is 4. The van der Waals surface area contributed by atoms with E-state index < -0.39 is 0 Å². The van der Waals surface area contributed by atoms with Crippen molar-refractivity contribution in [2.75, 3.05) is 13.7 Å². The van der Waals surface area contributed by atoms with Crippen molar-refractivity contribution in [2.45, 2.75) is 18.9 Å². The lowest BCUT2D eigenvalue weighted by Gasteiger charge is -2.07. The Labute approximate surface area is 77.4 Å². The SMILES string of the molecule is COc1cnc(C2CCCN2)nc1. The molecular formula is C9H13N3O. The van der Waals surface area contributed by atoms with E-state index in [4.69, 9.17) is 4.74 Å². The average molecular weight is 179 g/mol. The zero-order valence-corrected chi connectivity index (χ0v) is 7.66. The van der Waals surface area contributed by atoms with E-state index in [-0.39, 0.29) is 0 Å². The van der Waals surface area contributed by atoms with Crippen LogP contribution in [0.15, 0.2) is 12.4 Å². The minimum Gasteiger partial charge on any atom is -0.494 e. The summed E-state index contributed by atoms with van der Waals surface area (Å²) in [5.41, 5.74) is 0. The molecule has 0 amide bonds. The molecular weight excluding hydrogens is 166 g/mol. The minimum absolute atomic E-state index is 0.339. The maximum atomic E-state index is 4.99. The standard InChI is InChI=1S/C9H13N3O/c1-13-7-5-11-9(12-6-7)8-3-2-4-10-8/h5-6,8,10H,2-4H2,1H3. The summed E-state index contributed by atoms with van der Waals surface area (Å²) in [4.78, 5) is 8.47. The van der Waals surface area contributed by atoms with Crippen molar-refractivity contribution in [2.24, 2.45) is 0 Å². The molecule has 70 valence electrons. The van der Waals surface area contributed by atoms with Crippen LogP contribution in [0.25, 0.3) is 0 Å². The largest absolute Gasteiger partial charge is 0.494 e. The van der Waals surface area contributed by atoms with E-state index in [2.05, 4.69) is 15.3 Å². The van der Waals surface area contributed by atoms with Crippen LogP contribution in [0, 0.1) is 0 Å². The Kier molecular flexibility index (Phi) is 2.40. The number of rotatable bonds is 2. The van der Waals surface area contributed by atoms with E-state index in [0.29, 0.717) is 11.8 Å². The highest BCUT2D eigenvalue weighted by Crippen LogP contribution is 2.19. The molecule has 1 aromatic rings. The Morgan fingerprint density at radius 1 is 1.46 bits per heavy atom. The summed E-state index contributed by atoms with van der Waals surface area (Å²) in [5, 5.41) is 3.34. The minimum atomic E-state index is 0.339. The third-order valence-electron chi connectivity index (χ3n) is 2.26. The number of methoxy groups -OCH3 is 1. The van der Waals surface area contributed by atoms with Crippen LogP contribution >= 0.6 is 0 Å². The number of nitrogens with one attached hydrogen (secondary N) is 1. The first-order valence-corrected chi connectivity index (χ1v) is 4.49. The van der Waals surface area contributed by atoms with Gasteiger partial charge in [-0.05, 0) is 19.4 Å². The lowest BCUT2D eigenvalue weighted by atomic mass is 10.2. The molecule has 0 aromatic carbocycles. The van der Waals surface area contributed by atoms with Gasteiger partial charge in [-0.15, -0.1) is 0 Å². The van der Waals surface area contributed by atoms with Crippen molar-refractivity contribution in [1.82, 2.24) is 15.3 Å².